The van der Waals surface area contributed by atoms with Crippen LogP contribution in [0, 0.1) is 10.1 Å². The number of aromatic nitrogens is 2. The largest absolute Gasteiger partial charge is 0.380 e. The molecule has 0 amide bonds. The summed E-state index contributed by atoms with van der Waals surface area (Å²) < 4.78 is 10.6. The van der Waals surface area contributed by atoms with Gasteiger partial charge in [0.15, 0.2) is 5.82 Å². The molecule has 8 heteroatoms. The van der Waals surface area contributed by atoms with Gasteiger partial charge in [-0.1, -0.05) is 5.16 Å². The average Bonchev–Trinajstić information content (AvgIpc) is 3.39. The molecule has 2 fully saturated rings. The number of non-ortho nitro benzene ring substituents is 1. The van der Waals surface area contributed by atoms with E-state index in [9.17, 15) is 10.1 Å². The summed E-state index contributed by atoms with van der Waals surface area (Å²) in [5.41, 5.74) is 1.94. The summed E-state index contributed by atoms with van der Waals surface area (Å²) in [6.07, 6.45) is 4.19. The van der Waals surface area contributed by atoms with E-state index in [-0.39, 0.29) is 10.6 Å². The van der Waals surface area contributed by atoms with Gasteiger partial charge in [-0.05, 0) is 31.7 Å². The third-order valence-electron chi connectivity index (χ3n) is 5.16. The number of nitro groups is 1. The maximum absolute atomic E-state index is 11.0. The second kappa shape index (κ2) is 7.03. The molecular formula is C18H22N4O4. The highest BCUT2D eigenvalue weighted by Crippen LogP contribution is 2.40. The van der Waals surface area contributed by atoms with Crippen LogP contribution in [0.1, 0.15) is 54.8 Å². The molecule has 8 nitrogen and oxygen atoms in total. The molecule has 1 aliphatic carbocycles. The van der Waals surface area contributed by atoms with E-state index in [1.54, 1.807) is 19.2 Å². The number of rotatable bonds is 6. The van der Waals surface area contributed by atoms with E-state index in [1.807, 2.05) is 6.07 Å². The Kier molecular flexibility index (Phi) is 4.58. The van der Waals surface area contributed by atoms with E-state index < -0.39 is 0 Å². The van der Waals surface area contributed by atoms with Crippen LogP contribution >= 0.6 is 0 Å². The monoisotopic (exact) mass is 358 g/mol. The lowest BCUT2D eigenvalue weighted by atomic mass is 9.95. The van der Waals surface area contributed by atoms with Gasteiger partial charge in [0.05, 0.1) is 11.5 Å². The molecule has 0 atom stereocenters. The number of ether oxygens (including phenoxy) is 1. The van der Waals surface area contributed by atoms with Crippen molar-refractivity contribution < 1.29 is 14.2 Å². The fraction of sp³-hybridized carbons (Fsp3) is 0.556. The van der Waals surface area contributed by atoms with Gasteiger partial charge in [0.2, 0.25) is 5.89 Å². The van der Waals surface area contributed by atoms with Crippen molar-refractivity contribution in [3.8, 4) is 0 Å². The van der Waals surface area contributed by atoms with Crippen molar-refractivity contribution in [1.82, 2.24) is 10.1 Å². The Hall–Kier alpha value is -2.48. The van der Waals surface area contributed by atoms with Crippen LogP contribution in [0.5, 0.6) is 0 Å². The molecule has 1 aliphatic heterocycles. The Morgan fingerprint density at radius 3 is 2.69 bits per heavy atom. The van der Waals surface area contributed by atoms with E-state index in [2.05, 4.69) is 15.0 Å². The van der Waals surface area contributed by atoms with E-state index in [1.165, 1.54) is 0 Å². The zero-order valence-electron chi connectivity index (χ0n) is 14.8. The van der Waals surface area contributed by atoms with Crippen molar-refractivity contribution in [3.05, 3.63) is 45.6 Å². The highest BCUT2D eigenvalue weighted by atomic mass is 16.6. The molecule has 0 unspecified atom stereocenters. The molecule has 1 saturated heterocycles. The van der Waals surface area contributed by atoms with Gasteiger partial charge in [0.25, 0.3) is 5.69 Å². The Morgan fingerprint density at radius 1 is 1.27 bits per heavy atom. The van der Waals surface area contributed by atoms with E-state index in [4.69, 9.17) is 9.26 Å². The van der Waals surface area contributed by atoms with Gasteiger partial charge in [-0.3, -0.25) is 10.1 Å². The Balaban J connectivity index is 1.45. The number of methoxy groups -OCH3 is 1. The SMILES string of the molecule is COCc1cc([N+](=O)[O-])ccc1N1CCC(c2noc(C3CC3)n2)CC1. The number of nitrogens with zero attached hydrogens (tertiary/aromatic N) is 4. The van der Waals surface area contributed by atoms with Gasteiger partial charge in [-0.15, -0.1) is 0 Å². The zero-order chi connectivity index (χ0) is 18.1. The molecule has 0 spiro atoms. The predicted molar refractivity (Wildman–Crippen MR) is 94.3 cm³/mol. The fourth-order valence-electron chi connectivity index (χ4n) is 3.55. The summed E-state index contributed by atoms with van der Waals surface area (Å²) in [6, 6.07) is 4.99. The van der Waals surface area contributed by atoms with Crippen LogP contribution in [-0.2, 0) is 11.3 Å². The molecule has 1 saturated carbocycles. The second-order valence-corrected chi connectivity index (χ2v) is 7.03. The molecule has 4 rings (SSSR count). The summed E-state index contributed by atoms with van der Waals surface area (Å²) in [5, 5.41) is 15.2. The van der Waals surface area contributed by atoms with Crippen LogP contribution in [0.25, 0.3) is 0 Å². The Morgan fingerprint density at radius 2 is 2.04 bits per heavy atom. The molecule has 0 radical (unpaired) electrons. The molecule has 1 aromatic carbocycles. The molecule has 1 aromatic heterocycles. The zero-order valence-corrected chi connectivity index (χ0v) is 14.8. The standard InChI is InChI=1S/C18H22N4O4/c1-25-11-14-10-15(22(23)24)4-5-16(14)21-8-6-12(7-9-21)17-19-18(26-20-17)13-2-3-13/h4-5,10,12-13H,2-3,6-9,11H2,1H3. The molecule has 0 N–H and O–H groups in total. The summed E-state index contributed by atoms with van der Waals surface area (Å²) in [6.45, 7) is 2.06. The lowest BCUT2D eigenvalue weighted by Crippen LogP contribution is -2.33. The first kappa shape index (κ1) is 17.0. The van der Waals surface area contributed by atoms with Crippen LogP contribution < -0.4 is 4.90 Å². The van der Waals surface area contributed by atoms with Crippen molar-refractivity contribution in [2.45, 2.75) is 44.1 Å². The number of hydrogen-bond acceptors (Lipinski definition) is 7. The topological polar surface area (TPSA) is 94.5 Å². The van der Waals surface area contributed by atoms with Crippen molar-refractivity contribution in [2.75, 3.05) is 25.1 Å². The molecular weight excluding hydrogens is 336 g/mol. The third-order valence-corrected chi connectivity index (χ3v) is 5.16. The number of piperidine rings is 1. The van der Waals surface area contributed by atoms with Crippen LogP contribution in [0.4, 0.5) is 11.4 Å². The number of benzene rings is 1. The van der Waals surface area contributed by atoms with Crippen molar-refractivity contribution >= 4 is 11.4 Å². The quantitative estimate of drug-likeness (QED) is 0.577. The lowest BCUT2D eigenvalue weighted by Gasteiger charge is -2.33. The smallest absolute Gasteiger partial charge is 0.269 e. The molecule has 2 heterocycles. The second-order valence-electron chi connectivity index (χ2n) is 7.03. The highest BCUT2D eigenvalue weighted by molar-refractivity contribution is 5.58. The fourth-order valence-corrected chi connectivity index (χ4v) is 3.55. The van der Waals surface area contributed by atoms with E-state index in [0.29, 0.717) is 18.4 Å². The maximum atomic E-state index is 11.0. The van der Waals surface area contributed by atoms with Gasteiger partial charge in [0.1, 0.15) is 0 Å². The summed E-state index contributed by atoms with van der Waals surface area (Å²) in [7, 11) is 1.60. The molecule has 2 aromatic rings. The van der Waals surface area contributed by atoms with Gasteiger partial charge in [-0.25, -0.2) is 0 Å². The van der Waals surface area contributed by atoms with Crippen LogP contribution in [0.3, 0.4) is 0 Å². The minimum atomic E-state index is -0.372. The van der Waals surface area contributed by atoms with Gasteiger partial charge in [0, 0.05) is 55.4 Å². The first-order valence-electron chi connectivity index (χ1n) is 9.00. The first-order valence-corrected chi connectivity index (χ1v) is 9.00. The maximum Gasteiger partial charge on any atom is 0.269 e. The van der Waals surface area contributed by atoms with Crippen LogP contribution in [0.2, 0.25) is 0 Å². The van der Waals surface area contributed by atoms with Crippen LogP contribution in [0.15, 0.2) is 22.7 Å². The van der Waals surface area contributed by atoms with Crippen molar-refractivity contribution in [3.63, 3.8) is 0 Å². The third kappa shape index (κ3) is 3.41. The van der Waals surface area contributed by atoms with Gasteiger partial charge >= 0.3 is 0 Å². The number of nitro benzene ring substituents is 1. The molecule has 26 heavy (non-hydrogen) atoms. The average molecular weight is 358 g/mol. The molecule has 2 aliphatic rings. The van der Waals surface area contributed by atoms with Crippen molar-refractivity contribution in [2.24, 2.45) is 0 Å². The lowest BCUT2D eigenvalue weighted by molar-refractivity contribution is -0.384. The minimum absolute atomic E-state index is 0.0927. The Bertz CT molecular complexity index is 794. The highest BCUT2D eigenvalue weighted by Gasteiger charge is 2.32. The number of anilines is 1. The minimum Gasteiger partial charge on any atom is -0.380 e. The molecule has 0 bridgehead atoms. The summed E-state index contributed by atoms with van der Waals surface area (Å²) in [4.78, 5) is 17.5. The first-order chi connectivity index (χ1) is 12.7. The summed E-state index contributed by atoms with van der Waals surface area (Å²) >= 11 is 0. The normalized spacial score (nSPS) is 18.3. The van der Waals surface area contributed by atoms with E-state index in [0.717, 1.165) is 61.7 Å². The van der Waals surface area contributed by atoms with Gasteiger partial charge < -0.3 is 14.2 Å². The number of hydrogen-bond donors (Lipinski definition) is 0. The van der Waals surface area contributed by atoms with Crippen molar-refractivity contribution in [1.29, 1.82) is 0 Å². The summed E-state index contributed by atoms with van der Waals surface area (Å²) in [5.74, 6) is 2.41. The Labute approximate surface area is 151 Å². The van der Waals surface area contributed by atoms with Crippen LogP contribution in [-0.4, -0.2) is 35.3 Å². The molecule has 138 valence electrons. The predicted octanol–water partition coefficient (Wildman–Crippen LogP) is 3.39. The van der Waals surface area contributed by atoms with Gasteiger partial charge in [-0.2, -0.15) is 4.98 Å². The van der Waals surface area contributed by atoms with E-state index >= 15 is 0 Å².